The average molecular weight is 357 g/mol. The van der Waals surface area contributed by atoms with Crippen LogP contribution in [0.4, 0.5) is 5.69 Å². The number of hydrogen-bond acceptors (Lipinski definition) is 4. The van der Waals surface area contributed by atoms with Gasteiger partial charge in [-0.15, -0.1) is 0 Å². The first-order valence-electron chi connectivity index (χ1n) is 8.21. The first-order valence-corrected chi connectivity index (χ1v) is 9.36. The summed E-state index contributed by atoms with van der Waals surface area (Å²) in [6.07, 6.45) is 0. The minimum atomic E-state index is -0.256. The molecule has 0 aliphatic carbocycles. The Balaban J connectivity index is 2.08. The zero-order valence-electron chi connectivity index (χ0n) is 14.2. The van der Waals surface area contributed by atoms with Crippen LogP contribution in [0.1, 0.15) is 33.2 Å². The second kappa shape index (κ2) is 9.86. The maximum atomic E-state index is 12.5. The van der Waals surface area contributed by atoms with Crippen molar-refractivity contribution in [1.82, 2.24) is 5.32 Å². The molecule has 2 rings (SSSR count). The van der Waals surface area contributed by atoms with Crippen LogP contribution in [-0.2, 0) is 5.75 Å². The van der Waals surface area contributed by atoms with Gasteiger partial charge in [-0.05, 0) is 35.6 Å². The molecular weight excluding hydrogens is 334 g/mol. The first-order chi connectivity index (χ1) is 12.2. The summed E-state index contributed by atoms with van der Waals surface area (Å²) < 4.78 is 0. The van der Waals surface area contributed by atoms with Gasteiger partial charge in [0.05, 0.1) is 11.3 Å². The van der Waals surface area contributed by atoms with Gasteiger partial charge in [0, 0.05) is 24.4 Å². The fourth-order valence-electron chi connectivity index (χ4n) is 2.24. The summed E-state index contributed by atoms with van der Waals surface area (Å²) in [6.45, 7) is 2.87. The molecule has 0 aliphatic rings. The average Bonchev–Trinajstić information content (AvgIpc) is 2.65. The lowest BCUT2D eigenvalue weighted by Gasteiger charge is -2.11. The van der Waals surface area contributed by atoms with Gasteiger partial charge < -0.3 is 16.4 Å². The maximum absolute atomic E-state index is 12.5. The highest BCUT2D eigenvalue weighted by molar-refractivity contribution is 7.98. The number of benzene rings is 2. The predicted octanol–water partition coefficient (Wildman–Crippen LogP) is 2.88. The van der Waals surface area contributed by atoms with Crippen molar-refractivity contribution >= 4 is 29.3 Å². The summed E-state index contributed by atoms with van der Waals surface area (Å²) in [7, 11) is 0. The van der Waals surface area contributed by atoms with E-state index in [4.69, 9.17) is 5.73 Å². The number of amides is 2. The quantitative estimate of drug-likeness (QED) is 0.678. The fraction of sp³-hybridized carbons (Fsp3) is 0.263. The number of para-hydroxylation sites is 1. The van der Waals surface area contributed by atoms with E-state index in [0.717, 1.165) is 11.5 Å². The number of nitrogens with one attached hydrogen (secondary N) is 2. The predicted molar refractivity (Wildman–Crippen MR) is 104 cm³/mol. The molecule has 0 bridgehead atoms. The van der Waals surface area contributed by atoms with Crippen LogP contribution in [0.15, 0.2) is 48.5 Å². The van der Waals surface area contributed by atoms with Crippen LogP contribution in [0.3, 0.4) is 0 Å². The van der Waals surface area contributed by atoms with Crippen molar-refractivity contribution in [3.05, 3.63) is 65.2 Å². The van der Waals surface area contributed by atoms with Crippen LogP contribution in [0, 0.1) is 0 Å². The Bertz CT molecular complexity index is 717. The summed E-state index contributed by atoms with van der Waals surface area (Å²) in [5.74, 6) is 1.50. The van der Waals surface area contributed by atoms with Gasteiger partial charge >= 0.3 is 0 Å². The maximum Gasteiger partial charge on any atom is 0.255 e. The second-order valence-corrected chi connectivity index (χ2v) is 6.65. The van der Waals surface area contributed by atoms with Crippen LogP contribution >= 0.6 is 11.8 Å². The zero-order chi connectivity index (χ0) is 18.1. The molecule has 0 radical (unpaired) electrons. The van der Waals surface area contributed by atoms with Gasteiger partial charge in [-0.25, -0.2) is 0 Å². The molecule has 25 heavy (non-hydrogen) atoms. The Kier molecular flexibility index (Phi) is 7.50. The van der Waals surface area contributed by atoms with Crippen LogP contribution in [0.25, 0.3) is 0 Å². The number of anilines is 1. The minimum absolute atomic E-state index is 0.242. The molecule has 0 saturated carbocycles. The summed E-state index contributed by atoms with van der Waals surface area (Å²) in [5.41, 5.74) is 8.05. The van der Waals surface area contributed by atoms with Crippen molar-refractivity contribution in [3.8, 4) is 0 Å². The van der Waals surface area contributed by atoms with E-state index >= 15 is 0 Å². The lowest BCUT2D eigenvalue weighted by atomic mass is 10.1. The summed E-state index contributed by atoms with van der Waals surface area (Å²) in [4.78, 5) is 24.6. The van der Waals surface area contributed by atoms with Crippen LogP contribution in [0.2, 0.25) is 0 Å². The van der Waals surface area contributed by atoms with E-state index in [0.29, 0.717) is 29.9 Å². The molecule has 4 N–H and O–H groups in total. The molecule has 2 amide bonds. The molecular formula is C19H23N3O2S. The SMILES string of the molecule is CCSCc1ccc(C(=O)Nc2ccccc2C(=O)NCCN)cc1. The molecule has 6 heteroatoms. The van der Waals surface area contributed by atoms with E-state index in [9.17, 15) is 9.59 Å². The monoisotopic (exact) mass is 357 g/mol. The highest BCUT2D eigenvalue weighted by Gasteiger charge is 2.13. The molecule has 0 aliphatic heterocycles. The number of nitrogens with two attached hydrogens (primary N) is 1. The summed E-state index contributed by atoms with van der Waals surface area (Å²) in [5, 5.41) is 5.52. The van der Waals surface area contributed by atoms with Crippen molar-refractivity contribution in [2.24, 2.45) is 5.73 Å². The van der Waals surface area contributed by atoms with Crippen molar-refractivity contribution in [2.45, 2.75) is 12.7 Å². The van der Waals surface area contributed by atoms with Gasteiger partial charge in [-0.3, -0.25) is 9.59 Å². The van der Waals surface area contributed by atoms with Gasteiger partial charge in [0.2, 0.25) is 0 Å². The van der Waals surface area contributed by atoms with E-state index in [1.807, 2.05) is 23.9 Å². The van der Waals surface area contributed by atoms with E-state index in [1.54, 1.807) is 36.4 Å². The molecule has 0 heterocycles. The van der Waals surface area contributed by atoms with Gasteiger partial charge in [-0.2, -0.15) is 11.8 Å². The lowest BCUT2D eigenvalue weighted by molar-refractivity contribution is 0.0955. The number of hydrogen-bond donors (Lipinski definition) is 3. The number of thioether (sulfide) groups is 1. The third-order valence-corrected chi connectivity index (χ3v) is 4.48. The molecule has 2 aromatic rings. The van der Waals surface area contributed by atoms with Crippen molar-refractivity contribution in [3.63, 3.8) is 0 Å². The normalized spacial score (nSPS) is 10.3. The molecule has 0 fully saturated rings. The van der Waals surface area contributed by atoms with E-state index in [1.165, 1.54) is 5.56 Å². The minimum Gasteiger partial charge on any atom is -0.351 e. The molecule has 2 aromatic carbocycles. The number of rotatable bonds is 8. The Morgan fingerprint density at radius 3 is 2.44 bits per heavy atom. The Hall–Kier alpha value is -2.31. The topological polar surface area (TPSA) is 84.2 Å². The molecule has 0 unspecified atom stereocenters. The summed E-state index contributed by atoms with van der Waals surface area (Å²) in [6, 6.07) is 14.4. The standard InChI is InChI=1S/C19H23N3O2S/c1-2-25-13-14-7-9-15(10-8-14)18(23)22-17-6-4-3-5-16(17)19(24)21-12-11-20/h3-10H,2,11-13,20H2,1H3,(H,21,24)(H,22,23). The van der Waals surface area contributed by atoms with Crippen molar-refractivity contribution < 1.29 is 9.59 Å². The van der Waals surface area contributed by atoms with Gasteiger partial charge in [-0.1, -0.05) is 31.2 Å². The second-order valence-electron chi connectivity index (χ2n) is 5.38. The Labute approximate surface area is 152 Å². The lowest BCUT2D eigenvalue weighted by Crippen LogP contribution is -2.30. The molecule has 132 valence electrons. The molecule has 0 spiro atoms. The number of carbonyl (C=O) groups is 2. The van der Waals surface area contributed by atoms with Gasteiger partial charge in [0.25, 0.3) is 11.8 Å². The van der Waals surface area contributed by atoms with Gasteiger partial charge in [0.1, 0.15) is 0 Å². The van der Waals surface area contributed by atoms with Crippen LogP contribution in [-0.4, -0.2) is 30.7 Å². The Morgan fingerprint density at radius 2 is 1.76 bits per heavy atom. The largest absolute Gasteiger partial charge is 0.351 e. The fourth-order valence-corrected chi connectivity index (χ4v) is 2.87. The van der Waals surface area contributed by atoms with E-state index < -0.39 is 0 Å². The van der Waals surface area contributed by atoms with E-state index in [2.05, 4.69) is 17.6 Å². The summed E-state index contributed by atoms with van der Waals surface area (Å²) >= 11 is 1.84. The smallest absolute Gasteiger partial charge is 0.255 e. The highest BCUT2D eigenvalue weighted by atomic mass is 32.2. The molecule has 0 aromatic heterocycles. The zero-order valence-corrected chi connectivity index (χ0v) is 15.1. The van der Waals surface area contributed by atoms with Crippen molar-refractivity contribution in [1.29, 1.82) is 0 Å². The third kappa shape index (κ3) is 5.62. The first kappa shape index (κ1) is 19.0. The highest BCUT2D eigenvalue weighted by Crippen LogP contribution is 2.17. The van der Waals surface area contributed by atoms with E-state index in [-0.39, 0.29) is 11.8 Å². The van der Waals surface area contributed by atoms with Crippen LogP contribution in [0.5, 0.6) is 0 Å². The third-order valence-electron chi connectivity index (χ3n) is 3.54. The Morgan fingerprint density at radius 1 is 1.04 bits per heavy atom. The molecule has 0 atom stereocenters. The van der Waals surface area contributed by atoms with Crippen LogP contribution < -0.4 is 16.4 Å². The van der Waals surface area contributed by atoms with Crippen molar-refractivity contribution in [2.75, 3.05) is 24.2 Å². The molecule has 0 saturated heterocycles. The van der Waals surface area contributed by atoms with Gasteiger partial charge in [0.15, 0.2) is 0 Å². The number of carbonyl (C=O) groups excluding carboxylic acids is 2. The molecule has 5 nitrogen and oxygen atoms in total.